The van der Waals surface area contributed by atoms with E-state index in [4.69, 9.17) is 7.85 Å². The fourth-order valence-electron chi connectivity index (χ4n) is 1.58. The van der Waals surface area contributed by atoms with Crippen LogP contribution in [0.2, 0.25) is 0 Å². The summed E-state index contributed by atoms with van der Waals surface area (Å²) in [6.45, 7) is 4.33. The van der Waals surface area contributed by atoms with Crippen molar-refractivity contribution in [3.05, 3.63) is 36.0 Å². The predicted molar refractivity (Wildman–Crippen MR) is 61.2 cm³/mol. The van der Waals surface area contributed by atoms with Crippen LogP contribution in [0.15, 0.2) is 30.5 Å². The number of aromatic nitrogens is 1. The average molecular weight is 181 g/mol. The molecule has 0 saturated heterocycles. The minimum absolute atomic E-state index is 0.502. The molecule has 0 atom stereocenters. The number of hydrogen-bond acceptors (Lipinski definition) is 1. The number of nitrogens with zero attached hydrogens (tertiary/aromatic N) is 1. The standard InChI is InChI=1S/C12H12BN/c1-8(2)10-6-9-4-3-5-14-12(9)11(13)7-10/h3-8H,1-2H3. The second-order valence-electron chi connectivity index (χ2n) is 3.84. The Bertz CT molecular complexity index is 463. The Labute approximate surface area is 85.6 Å². The van der Waals surface area contributed by atoms with E-state index in [1.165, 1.54) is 5.56 Å². The van der Waals surface area contributed by atoms with E-state index in [0.29, 0.717) is 5.92 Å². The zero-order valence-electron chi connectivity index (χ0n) is 8.49. The zero-order valence-corrected chi connectivity index (χ0v) is 8.49. The van der Waals surface area contributed by atoms with Crippen molar-refractivity contribution in [2.45, 2.75) is 19.8 Å². The summed E-state index contributed by atoms with van der Waals surface area (Å²) in [4.78, 5) is 4.26. The molecule has 0 aliphatic heterocycles. The lowest BCUT2D eigenvalue weighted by atomic mass is 9.88. The SMILES string of the molecule is [B]c1cc(C(C)C)cc2cccnc12. The van der Waals surface area contributed by atoms with Gasteiger partial charge in [0, 0.05) is 6.20 Å². The van der Waals surface area contributed by atoms with Gasteiger partial charge in [-0.15, -0.1) is 0 Å². The first-order valence-electron chi connectivity index (χ1n) is 4.82. The van der Waals surface area contributed by atoms with Gasteiger partial charge in [0.15, 0.2) is 0 Å². The largest absolute Gasteiger partial charge is 0.257 e. The van der Waals surface area contributed by atoms with Crippen LogP contribution in [0.25, 0.3) is 10.9 Å². The van der Waals surface area contributed by atoms with Crippen molar-refractivity contribution >= 4 is 24.2 Å². The molecule has 0 spiro atoms. The highest BCUT2D eigenvalue weighted by Crippen LogP contribution is 2.17. The maximum absolute atomic E-state index is 5.93. The van der Waals surface area contributed by atoms with Gasteiger partial charge in [-0.2, -0.15) is 0 Å². The van der Waals surface area contributed by atoms with E-state index in [9.17, 15) is 0 Å². The molecular weight excluding hydrogens is 169 g/mol. The second kappa shape index (κ2) is 3.45. The molecular formula is C12H12BN. The van der Waals surface area contributed by atoms with Crippen LogP contribution in [0, 0.1) is 0 Å². The molecule has 0 aliphatic carbocycles. The molecule has 1 aromatic heterocycles. The number of fused-ring (bicyclic) bond motifs is 1. The molecule has 1 nitrogen and oxygen atoms in total. The van der Waals surface area contributed by atoms with E-state index in [1.54, 1.807) is 6.20 Å². The van der Waals surface area contributed by atoms with Crippen molar-refractivity contribution in [2.75, 3.05) is 0 Å². The lowest BCUT2D eigenvalue weighted by Crippen LogP contribution is -2.07. The van der Waals surface area contributed by atoms with Crippen LogP contribution in [0.4, 0.5) is 0 Å². The van der Waals surface area contributed by atoms with Crippen LogP contribution >= 0.6 is 0 Å². The molecule has 0 N–H and O–H groups in total. The highest BCUT2D eigenvalue weighted by Gasteiger charge is 2.03. The smallest absolute Gasteiger partial charge is 0.116 e. The Balaban J connectivity index is 2.72. The van der Waals surface area contributed by atoms with Gasteiger partial charge in [-0.1, -0.05) is 31.4 Å². The summed E-state index contributed by atoms with van der Waals surface area (Å²) in [5.41, 5.74) is 2.94. The van der Waals surface area contributed by atoms with E-state index < -0.39 is 0 Å². The van der Waals surface area contributed by atoms with Gasteiger partial charge in [-0.25, -0.2) is 0 Å². The van der Waals surface area contributed by atoms with Crippen molar-refractivity contribution in [3.8, 4) is 0 Å². The Morgan fingerprint density at radius 1 is 1.29 bits per heavy atom. The first-order chi connectivity index (χ1) is 6.68. The highest BCUT2D eigenvalue weighted by molar-refractivity contribution is 6.38. The zero-order chi connectivity index (χ0) is 10.1. The molecule has 2 aromatic rings. The maximum atomic E-state index is 5.93. The average Bonchev–Trinajstić information content (AvgIpc) is 2.17. The molecule has 0 bridgehead atoms. The molecule has 0 aliphatic rings. The second-order valence-corrected chi connectivity index (χ2v) is 3.84. The van der Waals surface area contributed by atoms with Crippen LogP contribution in [0.1, 0.15) is 25.3 Å². The van der Waals surface area contributed by atoms with Crippen LogP contribution in [0.5, 0.6) is 0 Å². The van der Waals surface area contributed by atoms with Crippen molar-refractivity contribution < 1.29 is 0 Å². The first kappa shape index (κ1) is 9.26. The van der Waals surface area contributed by atoms with Gasteiger partial charge in [0.25, 0.3) is 0 Å². The fourth-order valence-corrected chi connectivity index (χ4v) is 1.58. The van der Waals surface area contributed by atoms with Crippen molar-refractivity contribution in [3.63, 3.8) is 0 Å². The molecule has 68 valence electrons. The van der Waals surface area contributed by atoms with Crippen LogP contribution < -0.4 is 5.46 Å². The molecule has 0 fully saturated rings. The summed E-state index contributed by atoms with van der Waals surface area (Å²) < 4.78 is 0. The van der Waals surface area contributed by atoms with E-state index >= 15 is 0 Å². The fraction of sp³-hybridized carbons (Fsp3) is 0.250. The lowest BCUT2D eigenvalue weighted by Gasteiger charge is -2.09. The molecule has 0 saturated carbocycles. The molecule has 0 unspecified atom stereocenters. The minimum atomic E-state index is 0.502. The monoisotopic (exact) mass is 181 g/mol. The van der Waals surface area contributed by atoms with Crippen molar-refractivity contribution in [1.29, 1.82) is 0 Å². The number of rotatable bonds is 1. The summed E-state index contributed by atoms with van der Waals surface area (Å²) in [6, 6.07) is 8.15. The molecule has 2 heteroatoms. The summed E-state index contributed by atoms with van der Waals surface area (Å²) >= 11 is 0. The maximum Gasteiger partial charge on any atom is 0.116 e. The normalized spacial score (nSPS) is 11.1. The van der Waals surface area contributed by atoms with Gasteiger partial charge in [0.2, 0.25) is 0 Å². The third-order valence-electron chi connectivity index (χ3n) is 2.42. The number of hydrogen-bond donors (Lipinski definition) is 0. The third kappa shape index (κ3) is 1.52. The summed E-state index contributed by atoms with van der Waals surface area (Å²) in [6.07, 6.45) is 1.77. The van der Waals surface area contributed by atoms with Gasteiger partial charge in [0.1, 0.15) is 7.85 Å². The summed E-state index contributed by atoms with van der Waals surface area (Å²) in [5, 5.41) is 1.12. The van der Waals surface area contributed by atoms with E-state index in [2.05, 4.69) is 24.9 Å². The minimum Gasteiger partial charge on any atom is -0.257 e. The summed E-state index contributed by atoms with van der Waals surface area (Å²) in [7, 11) is 5.93. The molecule has 0 amide bonds. The van der Waals surface area contributed by atoms with E-state index in [-0.39, 0.29) is 0 Å². The Hall–Kier alpha value is -1.31. The Kier molecular flexibility index (Phi) is 2.28. The van der Waals surface area contributed by atoms with Crippen molar-refractivity contribution in [1.82, 2.24) is 4.98 Å². The lowest BCUT2D eigenvalue weighted by molar-refractivity contribution is 0.869. The van der Waals surface area contributed by atoms with Crippen LogP contribution in [0.3, 0.4) is 0 Å². The van der Waals surface area contributed by atoms with Gasteiger partial charge in [0.05, 0.1) is 5.52 Å². The van der Waals surface area contributed by atoms with Gasteiger partial charge in [-0.3, -0.25) is 4.98 Å². The summed E-state index contributed by atoms with van der Waals surface area (Å²) in [5.74, 6) is 0.502. The topological polar surface area (TPSA) is 12.9 Å². The third-order valence-corrected chi connectivity index (χ3v) is 2.42. The Morgan fingerprint density at radius 2 is 2.07 bits per heavy atom. The van der Waals surface area contributed by atoms with Gasteiger partial charge in [-0.05, 0) is 29.0 Å². The Morgan fingerprint density at radius 3 is 2.79 bits per heavy atom. The van der Waals surface area contributed by atoms with Crippen LogP contribution in [-0.2, 0) is 0 Å². The van der Waals surface area contributed by atoms with Crippen LogP contribution in [-0.4, -0.2) is 12.8 Å². The molecule has 14 heavy (non-hydrogen) atoms. The molecule has 2 radical (unpaired) electrons. The van der Waals surface area contributed by atoms with Gasteiger partial charge >= 0.3 is 0 Å². The van der Waals surface area contributed by atoms with E-state index in [0.717, 1.165) is 16.4 Å². The number of benzene rings is 1. The molecule has 1 aromatic carbocycles. The highest BCUT2D eigenvalue weighted by atomic mass is 14.6. The van der Waals surface area contributed by atoms with E-state index in [1.807, 2.05) is 18.2 Å². The quantitative estimate of drug-likeness (QED) is 0.614. The van der Waals surface area contributed by atoms with Gasteiger partial charge < -0.3 is 0 Å². The predicted octanol–water partition coefficient (Wildman–Crippen LogP) is 2.15. The first-order valence-corrected chi connectivity index (χ1v) is 4.82. The van der Waals surface area contributed by atoms with Crippen molar-refractivity contribution in [2.24, 2.45) is 0 Å². The molecule has 1 heterocycles. The molecule has 2 rings (SSSR count). The number of pyridine rings is 1.